The fraction of sp³-hybridized carbons (Fsp3) is 0.917. The summed E-state index contributed by atoms with van der Waals surface area (Å²) >= 11 is 0. The van der Waals surface area contributed by atoms with Gasteiger partial charge < -0.3 is 16.2 Å². The maximum atomic E-state index is 11.8. The van der Waals surface area contributed by atoms with Crippen molar-refractivity contribution < 1.29 is 9.90 Å². The summed E-state index contributed by atoms with van der Waals surface area (Å²) in [6, 6.07) is 0. The Hall–Kier alpha value is -0.610. The molecule has 0 unspecified atom stereocenters. The number of nitrogens with two attached hydrogens (primary N) is 1. The highest BCUT2D eigenvalue weighted by Crippen LogP contribution is 2.44. The molecule has 2 saturated carbocycles. The van der Waals surface area contributed by atoms with Crippen molar-refractivity contribution in [2.45, 2.75) is 50.5 Å². The van der Waals surface area contributed by atoms with Gasteiger partial charge in [0, 0.05) is 13.1 Å². The Morgan fingerprint density at radius 2 is 1.81 bits per heavy atom. The van der Waals surface area contributed by atoms with Crippen molar-refractivity contribution in [2.75, 3.05) is 13.1 Å². The molecule has 1 amide bonds. The highest BCUT2D eigenvalue weighted by atomic mass is 16.3. The van der Waals surface area contributed by atoms with E-state index < -0.39 is 5.60 Å². The molecule has 2 aliphatic rings. The second-order valence-electron chi connectivity index (χ2n) is 5.45. The minimum atomic E-state index is -0.668. The van der Waals surface area contributed by atoms with Crippen molar-refractivity contribution in [1.82, 2.24) is 5.32 Å². The molecule has 4 N–H and O–H groups in total. The summed E-state index contributed by atoms with van der Waals surface area (Å²) in [7, 11) is 0. The van der Waals surface area contributed by atoms with Gasteiger partial charge in [-0.3, -0.25) is 4.79 Å². The molecule has 0 saturated heterocycles. The summed E-state index contributed by atoms with van der Waals surface area (Å²) in [5.74, 6) is 0.0361. The van der Waals surface area contributed by atoms with E-state index in [1.807, 2.05) is 0 Å². The Kier molecular flexibility index (Phi) is 3.22. The van der Waals surface area contributed by atoms with Crippen LogP contribution in [-0.2, 0) is 4.79 Å². The first-order chi connectivity index (χ1) is 7.60. The van der Waals surface area contributed by atoms with Gasteiger partial charge in [0.25, 0.3) is 0 Å². The van der Waals surface area contributed by atoms with E-state index in [0.717, 1.165) is 38.5 Å². The number of aliphatic hydroxyl groups is 1. The molecule has 0 radical (unpaired) electrons. The summed E-state index contributed by atoms with van der Waals surface area (Å²) in [4.78, 5) is 11.8. The molecule has 2 aliphatic carbocycles. The summed E-state index contributed by atoms with van der Waals surface area (Å²) in [5, 5.41) is 13.1. The second-order valence-corrected chi connectivity index (χ2v) is 5.45. The average Bonchev–Trinajstić information content (AvgIpc) is 3.08. The molecule has 16 heavy (non-hydrogen) atoms. The summed E-state index contributed by atoms with van der Waals surface area (Å²) in [5.41, 5.74) is 4.62. The molecule has 92 valence electrons. The van der Waals surface area contributed by atoms with Gasteiger partial charge in [0.1, 0.15) is 0 Å². The van der Waals surface area contributed by atoms with Gasteiger partial charge in [0.2, 0.25) is 5.91 Å². The third kappa shape index (κ3) is 2.38. The quantitative estimate of drug-likeness (QED) is 0.655. The van der Waals surface area contributed by atoms with Crippen molar-refractivity contribution in [3.05, 3.63) is 0 Å². The largest absolute Gasteiger partial charge is 0.388 e. The maximum absolute atomic E-state index is 11.8. The highest BCUT2D eigenvalue weighted by molar-refractivity contribution is 5.85. The molecule has 0 aromatic heterocycles. The zero-order valence-electron chi connectivity index (χ0n) is 9.80. The van der Waals surface area contributed by atoms with E-state index in [-0.39, 0.29) is 11.3 Å². The molecule has 0 aliphatic heterocycles. The van der Waals surface area contributed by atoms with Crippen LogP contribution in [0.15, 0.2) is 0 Å². The maximum Gasteiger partial charge on any atom is 0.227 e. The summed E-state index contributed by atoms with van der Waals surface area (Å²) < 4.78 is 0. The van der Waals surface area contributed by atoms with Crippen LogP contribution in [0.25, 0.3) is 0 Å². The van der Waals surface area contributed by atoms with Crippen molar-refractivity contribution >= 4 is 5.91 Å². The fourth-order valence-corrected chi connectivity index (χ4v) is 2.49. The molecule has 4 nitrogen and oxygen atoms in total. The standard InChI is InChI=1S/C12H22N2O2/c13-8-11(6-7-11)10(15)14-9-12(16)4-2-1-3-5-12/h16H,1-9,13H2,(H,14,15). The van der Waals surface area contributed by atoms with E-state index in [1.165, 1.54) is 6.42 Å². The Balaban J connectivity index is 1.80. The molecular weight excluding hydrogens is 204 g/mol. The highest BCUT2D eigenvalue weighted by Gasteiger charge is 2.48. The van der Waals surface area contributed by atoms with Gasteiger partial charge in [0.15, 0.2) is 0 Å². The molecule has 2 fully saturated rings. The van der Waals surface area contributed by atoms with Crippen molar-refractivity contribution in [2.24, 2.45) is 11.1 Å². The molecule has 2 rings (SSSR count). The number of rotatable bonds is 4. The Morgan fingerprint density at radius 3 is 2.31 bits per heavy atom. The van der Waals surface area contributed by atoms with Crippen LogP contribution in [-0.4, -0.2) is 29.7 Å². The van der Waals surface area contributed by atoms with Crippen LogP contribution >= 0.6 is 0 Å². The predicted molar refractivity (Wildman–Crippen MR) is 61.8 cm³/mol. The lowest BCUT2D eigenvalue weighted by molar-refractivity contribution is -0.127. The lowest BCUT2D eigenvalue weighted by Crippen LogP contribution is -2.47. The fourth-order valence-electron chi connectivity index (χ4n) is 2.49. The van der Waals surface area contributed by atoms with Gasteiger partial charge in [-0.05, 0) is 25.7 Å². The van der Waals surface area contributed by atoms with E-state index >= 15 is 0 Å². The van der Waals surface area contributed by atoms with Crippen molar-refractivity contribution in [3.63, 3.8) is 0 Å². The van der Waals surface area contributed by atoms with Gasteiger partial charge in [-0.15, -0.1) is 0 Å². The number of carbonyl (C=O) groups is 1. The third-order valence-corrected chi connectivity index (χ3v) is 4.09. The lowest BCUT2D eigenvalue weighted by Gasteiger charge is -2.32. The predicted octanol–water partition coefficient (Wildman–Crippen LogP) is 0.537. The Morgan fingerprint density at radius 1 is 1.19 bits per heavy atom. The van der Waals surface area contributed by atoms with E-state index in [9.17, 15) is 9.90 Å². The van der Waals surface area contributed by atoms with Gasteiger partial charge in [-0.25, -0.2) is 0 Å². The molecule has 0 bridgehead atoms. The molecule has 0 spiro atoms. The molecule has 0 aromatic rings. The van der Waals surface area contributed by atoms with Gasteiger partial charge in [-0.2, -0.15) is 0 Å². The topological polar surface area (TPSA) is 75.4 Å². The SMILES string of the molecule is NCC1(C(=O)NCC2(O)CCCCC2)CC1. The van der Waals surface area contributed by atoms with Crippen molar-refractivity contribution in [3.8, 4) is 0 Å². The van der Waals surface area contributed by atoms with Gasteiger partial charge in [0.05, 0.1) is 11.0 Å². The zero-order chi connectivity index (χ0) is 11.6. The Labute approximate surface area is 96.6 Å². The molecule has 0 aromatic carbocycles. The number of amides is 1. The van der Waals surface area contributed by atoms with E-state index in [0.29, 0.717) is 13.1 Å². The number of hydrogen-bond donors (Lipinski definition) is 3. The minimum absolute atomic E-state index is 0.0361. The molecule has 0 atom stereocenters. The van der Waals surface area contributed by atoms with E-state index in [1.54, 1.807) is 0 Å². The van der Waals surface area contributed by atoms with Crippen LogP contribution in [0.5, 0.6) is 0 Å². The van der Waals surface area contributed by atoms with E-state index in [4.69, 9.17) is 5.73 Å². The van der Waals surface area contributed by atoms with Crippen LogP contribution in [0.3, 0.4) is 0 Å². The van der Waals surface area contributed by atoms with Crippen LogP contribution in [0.4, 0.5) is 0 Å². The minimum Gasteiger partial charge on any atom is -0.388 e. The first kappa shape index (κ1) is 11.9. The van der Waals surface area contributed by atoms with Crippen LogP contribution in [0.1, 0.15) is 44.9 Å². The molecule has 4 heteroatoms. The number of carbonyl (C=O) groups excluding carboxylic acids is 1. The third-order valence-electron chi connectivity index (χ3n) is 4.09. The summed E-state index contributed by atoms with van der Waals surface area (Å²) in [6.07, 6.45) is 6.74. The van der Waals surface area contributed by atoms with Crippen molar-refractivity contribution in [1.29, 1.82) is 0 Å². The molecular formula is C12H22N2O2. The normalized spacial score (nSPS) is 26.1. The van der Waals surface area contributed by atoms with Gasteiger partial charge in [-0.1, -0.05) is 19.3 Å². The smallest absolute Gasteiger partial charge is 0.227 e. The number of nitrogens with one attached hydrogen (secondary N) is 1. The lowest BCUT2D eigenvalue weighted by atomic mass is 9.85. The number of hydrogen-bond acceptors (Lipinski definition) is 3. The first-order valence-electron chi connectivity index (χ1n) is 6.31. The van der Waals surface area contributed by atoms with Crippen LogP contribution in [0, 0.1) is 5.41 Å². The second kappa shape index (κ2) is 4.34. The Bertz CT molecular complexity index is 268. The first-order valence-corrected chi connectivity index (χ1v) is 6.31. The monoisotopic (exact) mass is 226 g/mol. The van der Waals surface area contributed by atoms with Crippen LogP contribution in [0.2, 0.25) is 0 Å². The summed E-state index contributed by atoms with van der Waals surface area (Å²) in [6.45, 7) is 0.824. The van der Waals surface area contributed by atoms with Crippen LogP contribution < -0.4 is 11.1 Å². The molecule has 0 heterocycles. The van der Waals surface area contributed by atoms with E-state index in [2.05, 4.69) is 5.32 Å². The zero-order valence-corrected chi connectivity index (χ0v) is 9.80. The van der Waals surface area contributed by atoms with Gasteiger partial charge >= 0.3 is 0 Å². The average molecular weight is 226 g/mol.